The van der Waals surface area contributed by atoms with Gasteiger partial charge in [0.15, 0.2) is 0 Å². The van der Waals surface area contributed by atoms with Gasteiger partial charge in [-0.15, -0.1) is 0 Å². The third-order valence-corrected chi connectivity index (χ3v) is 6.26. The van der Waals surface area contributed by atoms with Crippen LogP contribution in [0.15, 0.2) is 42.5 Å². The first kappa shape index (κ1) is 19.2. The van der Waals surface area contributed by atoms with Crippen molar-refractivity contribution in [2.45, 2.75) is 71.0 Å². The molecule has 4 rings (SSSR count). The monoisotopic (exact) mass is 376 g/mol. The van der Waals surface area contributed by atoms with Crippen LogP contribution in [0.1, 0.15) is 55.2 Å². The van der Waals surface area contributed by atoms with E-state index in [0.29, 0.717) is 6.04 Å². The first-order valence-corrected chi connectivity index (χ1v) is 10.8. The fourth-order valence-electron chi connectivity index (χ4n) is 4.86. The Kier molecular flexibility index (Phi) is 5.82. The maximum Gasteiger partial charge on any atom is 0.237 e. The molecule has 0 aromatic heterocycles. The maximum absolute atomic E-state index is 12.8. The van der Waals surface area contributed by atoms with Gasteiger partial charge in [-0.1, -0.05) is 66.4 Å². The van der Waals surface area contributed by atoms with Crippen molar-refractivity contribution in [1.29, 1.82) is 0 Å². The third-order valence-electron chi connectivity index (χ3n) is 6.26. The van der Waals surface area contributed by atoms with Gasteiger partial charge in [0.2, 0.25) is 5.91 Å². The molecule has 2 aromatic rings. The average Bonchev–Trinajstić information content (AvgIpc) is 3.33. The van der Waals surface area contributed by atoms with Gasteiger partial charge < -0.3 is 5.32 Å². The van der Waals surface area contributed by atoms with Crippen LogP contribution in [-0.4, -0.2) is 29.4 Å². The predicted molar refractivity (Wildman–Crippen MR) is 115 cm³/mol. The molecule has 3 heteroatoms. The number of carbonyl (C=O) groups excluding carboxylic acids is 1. The van der Waals surface area contributed by atoms with Gasteiger partial charge in [-0.3, -0.25) is 9.69 Å². The van der Waals surface area contributed by atoms with Crippen molar-refractivity contribution in [2.75, 3.05) is 6.54 Å². The first-order chi connectivity index (χ1) is 13.6. The predicted octanol–water partition coefficient (Wildman–Crippen LogP) is 4.99. The van der Waals surface area contributed by atoms with Crippen molar-refractivity contribution in [3.8, 4) is 11.1 Å². The highest BCUT2D eigenvalue weighted by Gasteiger charge is 2.32. The molecule has 1 aliphatic heterocycles. The quantitative estimate of drug-likeness (QED) is 0.797. The summed E-state index contributed by atoms with van der Waals surface area (Å²) in [5.74, 6) is 0.247. The van der Waals surface area contributed by atoms with Gasteiger partial charge in [0.1, 0.15) is 0 Å². The number of carbonyl (C=O) groups is 1. The summed E-state index contributed by atoms with van der Waals surface area (Å²) in [6.45, 7) is 6.17. The van der Waals surface area contributed by atoms with Crippen LogP contribution in [0.2, 0.25) is 0 Å². The van der Waals surface area contributed by atoms with E-state index in [2.05, 4.69) is 66.5 Å². The molecule has 1 atom stereocenters. The second-order valence-electron chi connectivity index (χ2n) is 8.69. The summed E-state index contributed by atoms with van der Waals surface area (Å²) in [5, 5.41) is 3.30. The average molecular weight is 377 g/mol. The minimum atomic E-state index is 0.0414. The molecule has 3 nitrogen and oxygen atoms in total. The van der Waals surface area contributed by atoms with Crippen molar-refractivity contribution in [1.82, 2.24) is 10.2 Å². The Morgan fingerprint density at radius 3 is 2.29 bits per heavy atom. The van der Waals surface area contributed by atoms with E-state index in [1.54, 1.807) is 0 Å². The Hall–Kier alpha value is -2.13. The summed E-state index contributed by atoms with van der Waals surface area (Å²) in [7, 11) is 0. The molecule has 1 amide bonds. The molecule has 1 saturated carbocycles. The summed E-state index contributed by atoms with van der Waals surface area (Å²) in [4.78, 5) is 15.1. The lowest BCUT2D eigenvalue weighted by atomic mass is 9.99. The molecule has 148 valence electrons. The molecule has 0 spiro atoms. The van der Waals surface area contributed by atoms with Gasteiger partial charge in [-0.25, -0.2) is 0 Å². The summed E-state index contributed by atoms with van der Waals surface area (Å²) < 4.78 is 0. The van der Waals surface area contributed by atoms with E-state index >= 15 is 0 Å². The minimum Gasteiger partial charge on any atom is -0.352 e. The van der Waals surface area contributed by atoms with E-state index in [-0.39, 0.29) is 11.9 Å². The first-order valence-electron chi connectivity index (χ1n) is 10.8. The summed E-state index contributed by atoms with van der Waals surface area (Å²) in [6.07, 6.45) is 6.91. The molecule has 1 aliphatic carbocycles. The Morgan fingerprint density at radius 1 is 0.929 bits per heavy atom. The maximum atomic E-state index is 12.8. The largest absolute Gasteiger partial charge is 0.352 e. The number of amides is 1. The molecular formula is C25H32N2O. The second-order valence-corrected chi connectivity index (χ2v) is 8.69. The molecule has 2 fully saturated rings. The van der Waals surface area contributed by atoms with E-state index in [9.17, 15) is 4.79 Å². The van der Waals surface area contributed by atoms with Crippen LogP contribution in [-0.2, 0) is 11.3 Å². The lowest BCUT2D eigenvalue weighted by Gasteiger charge is -2.25. The van der Waals surface area contributed by atoms with Gasteiger partial charge >= 0.3 is 0 Å². The zero-order valence-electron chi connectivity index (χ0n) is 17.2. The van der Waals surface area contributed by atoms with Crippen molar-refractivity contribution in [2.24, 2.45) is 0 Å². The van der Waals surface area contributed by atoms with Crippen LogP contribution in [0, 0.1) is 13.8 Å². The Morgan fingerprint density at radius 2 is 1.61 bits per heavy atom. The number of benzene rings is 2. The molecule has 28 heavy (non-hydrogen) atoms. The van der Waals surface area contributed by atoms with Crippen LogP contribution in [0.5, 0.6) is 0 Å². The number of hydrogen-bond acceptors (Lipinski definition) is 2. The number of nitrogens with one attached hydrogen (secondary N) is 1. The lowest BCUT2D eigenvalue weighted by molar-refractivity contribution is -0.126. The van der Waals surface area contributed by atoms with Crippen molar-refractivity contribution in [3.05, 3.63) is 59.2 Å². The van der Waals surface area contributed by atoms with Gasteiger partial charge in [-0.2, -0.15) is 0 Å². The van der Waals surface area contributed by atoms with E-state index < -0.39 is 0 Å². The second kappa shape index (κ2) is 8.48. The van der Waals surface area contributed by atoms with Crippen LogP contribution in [0.25, 0.3) is 11.1 Å². The lowest BCUT2D eigenvalue weighted by Crippen LogP contribution is -2.46. The topological polar surface area (TPSA) is 32.3 Å². The Bertz CT molecular complexity index is 801. The third kappa shape index (κ3) is 4.47. The zero-order valence-corrected chi connectivity index (χ0v) is 17.2. The summed E-state index contributed by atoms with van der Waals surface area (Å²) in [6, 6.07) is 16.0. The smallest absolute Gasteiger partial charge is 0.237 e. The van der Waals surface area contributed by atoms with Crippen molar-refractivity contribution in [3.63, 3.8) is 0 Å². The molecule has 0 radical (unpaired) electrons. The van der Waals surface area contributed by atoms with Gasteiger partial charge in [0, 0.05) is 12.6 Å². The van der Waals surface area contributed by atoms with E-state index in [1.807, 2.05) is 0 Å². The molecule has 2 aromatic carbocycles. The number of likely N-dealkylation sites (tertiary alicyclic amines) is 1. The minimum absolute atomic E-state index is 0.0414. The highest BCUT2D eigenvalue weighted by Crippen LogP contribution is 2.25. The molecule has 2 aliphatic rings. The fraction of sp³-hybridized carbons (Fsp3) is 0.480. The normalized spacial score (nSPS) is 20.6. The molecular weight excluding hydrogens is 344 g/mol. The zero-order chi connectivity index (χ0) is 19.5. The number of aryl methyl sites for hydroxylation is 2. The standard InChI is InChI=1S/C25H32N2O/c1-18-14-19(2)16-22(15-18)21-11-9-20(10-12-21)17-27-13-5-8-24(27)25(28)26-23-6-3-4-7-23/h9-12,14-16,23-24H,3-8,13,17H2,1-2H3,(H,26,28). The van der Waals surface area contributed by atoms with Gasteiger partial charge in [0.25, 0.3) is 0 Å². The van der Waals surface area contributed by atoms with E-state index in [4.69, 9.17) is 0 Å². The molecule has 1 heterocycles. The highest BCUT2D eigenvalue weighted by molar-refractivity contribution is 5.82. The molecule has 1 unspecified atom stereocenters. The molecule has 1 saturated heterocycles. The van der Waals surface area contributed by atoms with E-state index in [1.165, 1.54) is 40.7 Å². The summed E-state index contributed by atoms with van der Waals surface area (Å²) in [5.41, 5.74) is 6.42. The molecule has 0 bridgehead atoms. The fourth-order valence-corrected chi connectivity index (χ4v) is 4.86. The van der Waals surface area contributed by atoms with Crippen LogP contribution >= 0.6 is 0 Å². The molecule has 1 N–H and O–H groups in total. The SMILES string of the molecule is Cc1cc(C)cc(-c2ccc(CN3CCCC3C(=O)NC3CCCC3)cc2)c1. The van der Waals surface area contributed by atoms with Gasteiger partial charge in [0.05, 0.1) is 6.04 Å². The van der Waals surface area contributed by atoms with E-state index in [0.717, 1.165) is 38.8 Å². The van der Waals surface area contributed by atoms with Crippen LogP contribution in [0.3, 0.4) is 0 Å². The van der Waals surface area contributed by atoms with Crippen LogP contribution in [0.4, 0.5) is 0 Å². The van der Waals surface area contributed by atoms with Crippen molar-refractivity contribution >= 4 is 5.91 Å². The number of nitrogens with zero attached hydrogens (tertiary/aromatic N) is 1. The number of hydrogen-bond donors (Lipinski definition) is 1. The van der Waals surface area contributed by atoms with Crippen molar-refractivity contribution < 1.29 is 4.79 Å². The van der Waals surface area contributed by atoms with Crippen LogP contribution < -0.4 is 5.32 Å². The Balaban J connectivity index is 1.41. The highest BCUT2D eigenvalue weighted by atomic mass is 16.2. The van der Waals surface area contributed by atoms with Gasteiger partial charge in [-0.05, 0) is 62.8 Å². The number of rotatable bonds is 5. The summed E-state index contributed by atoms with van der Waals surface area (Å²) >= 11 is 0. The Labute approximate surface area is 169 Å².